The van der Waals surface area contributed by atoms with Crippen LogP contribution in [0.2, 0.25) is 0 Å². The molecule has 10 nitrogen and oxygen atoms in total. The number of hydrogen-bond acceptors (Lipinski definition) is 8. The average molecular weight is 708 g/mol. The van der Waals surface area contributed by atoms with E-state index in [4.69, 9.17) is 0 Å². The zero-order valence-electron chi connectivity index (χ0n) is 28.2. The molecule has 1 fully saturated rings. The lowest BCUT2D eigenvalue weighted by molar-refractivity contribution is -0.148. The van der Waals surface area contributed by atoms with Crippen molar-refractivity contribution in [3.63, 3.8) is 0 Å². The van der Waals surface area contributed by atoms with Gasteiger partial charge in [0.2, 0.25) is 11.8 Å². The van der Waals surface area contributed by atoms with Gasteiger partial charge in [0.25, 0.3) is 5.91 Å². The second-order valence-corrected chi connectivity index (χ2v) is 13.8. The van der Waals surface area contributed by atoms with Gasteiger partial charge >= 0.3 is 5.97 Å². The minimum Gasteiger partial charge on any atom is -0.467 e. The third-order valence-corrected chi connectivity index (χ3v) is 11.0. The van der Waals surface area contributed by atoms with E-state index in [9.17, 15) is 29.4 Å². The smallest absolute Gasteiger partial charge is 0.330 e. The lowest BCUT2D eigenvalue weighted by Crippen LogP contribution is -2.58. The van der Waals surface area contributed by atoms with Crippen LogP contribution >= 0.6 is 11.8 Å². The van der Waals surface area contributed by atoms with Crippen molar-refractivity contribution in [3.05, 3.63) is 131 Å². The van der Waals surface area contributed by atoms with Gasteiger partial charge in [0.1, 0.15) is 6.04 Å². The number of nitrogens with one attached hydrogen (secondary N) is 2. The number of amides is 3. The molecule has 51 heavy (non-hydrogen) atoms. The predicted molar refractivity (Wildman–Crippen MR) is 195 cm³/mol. The Morgan fingerprint density at radius 1 is 0.824 bits per heavy atom. The van der Waals surface area contributed by atoms with Gasteiger partial charge in [-0.3, -0.25) is 14.4 Å². The standard InChI is InChI=1S/C40H41N3O7S/c1-50-40(49)31(23-44)41-38(47)35(45)32(24-51-36(25-13-4-2-5-14-25)26-15-6-3-7-16-26)42-37(46)33-21-12-22-43(33)39(48)34-29-19-10-8-17-27(29)28-18-9-11-20-30(28)34/h2-11,13-20,31-36,44-45H,12,21-24H2,1H3,(H,41,47)(H,42,46)/t31-,32-,33-,35+/m0/s1. The second kappa shape index (κ2) is 16.4. The zero-order chi connectivity index (χ0) is 35.9. The topological polar surface area (TPSA) is 145 Å². The summed E-state index contributed by atoms with van der Waals surface area (Å²) in [5.41, 5.74) is 5.78. The Hall–Kier alpha value is -4.97. The van der Waals surface area contributed by atoms with Crippen LogP contribution in [0.1, 0.15) is 46.3 Å². The minimum atomic E-state index is -1.80. The van der Waals surface area contributed by atoms with Crippen LogP contribution in [-0.4, -0.2) is 89.0 Å². The minimum absolute atomic E-state index is 0.0981. The number of likely N-dealkylation sites (tertiary alicyclic amines) is 1. The first kappa shape index (κ1) is 35.8. The van der Waals surface area contributed by atoms with Gasteiger partial charge in [-0.1, -0.05) is 109 Å². The molecule has 0 radical (unpaired) electrons. The van der Waals surface area contributed by atoms with Crippen molar-refractivity contribution in [2.75, 3.05) is 26.0 Å². The molecule has 3 amide bonds. The first-order valence-corrected chi connectivity index (χ1v) is 18.0. The summed E-state index contributed by atoms with van der Waals surface area (Å²) in [5, 5.41) is 26.2. The molecule has 264 valence electrons. The number of benzene rings is 4. The number of nitrogens with zero attached hydrogens (tertiary/aromatic N) is 1. The summed E-state index contributed by atoms with van der Waals surface area (Å²) >= 11 is 1.44. The van der Waals surface area contributed by atoms with Crippen molar-refractivity contribution >= 4 is 35.5 Å². The number of esters is 1. The normalized spacial score (nSPS) is 16.9. The first-order valence-electron chi connectivity index (χ1n) is 17.0. The number of ether oxygens (including phenoxy) is 1. The summed E-state index contributed by atoms with van der Waals surface area (Å²) in [7, 11) is 1.12. The molecule has 1 heterocycles. The third kappa shape index (κ3) is 7.70. The molecule has 4 N–H and O–H groups in total. The molecule has 4 aromatic rings. The summed E-state index contributed by atoms with van der Waals surface area (Å²) in [6.07, 6.45) is -0.767. The Bertz CT molecular complexity index is 1770. The lowest BCUT2D eigenvalue weighted by atomic mass is 9.95. The number of aliphatic hydroxyl groups is 2. The van der Waals surface area contributed by atoms with E-state index in [1.54, 1.807) is 4.90 Å². The molecule has 4 aromatic carbocycles. The van der Waals surface area contributed by atoms with Gasteiger partial charge in [-0.2, -0.15) is 0 Å². The van der Waals surface area contributed by atoms with Gasteiger partial charge in [0, 0.05) is 12.3 Å². The quantitative estimate of drug-likeness (QED) is 0.154. The van der Waals surface area contributed by atoms with Crippen LogP contribution < -0.4 is 10.6 Å². The maximum Gasteiger partial charge on any atom is 0.330 e. The van der Waals surface area contributed by atoms with Crippen LogP contribution in [0.3, 0.4) is 0 Å². The average Bonchev–Trinajstić information content (AvgIpc) is 3.80. The largest absolute Gasteiger partial charge is 0.467 e. The van der Waals surface area contributed by atoms with Crippen LogP contribution in [0.5, 0.6) is 0 Å². The van der Waals surface area contributed by atoms with Crippen LogP contribution in [0, 0.1) is 0 Å². The van der Waals surface area contributed by atoms with Gasteiger partial charge in [-0.15, -0.1) is 11.8 Å². The Morgan fingerprint density at radius 2 is 1.37 bits per heavy atom. The second-order valence-electron chi connectivity index (χ2n) is 12.7. The molecule has 1 aliphatic carbocycles. The number of carbonyl (C=O) groups is 4. The molecule has 1 aliphatic heterocycles. The molecule has 1 saturated heterocycles. The monoisotopic (exact) mass is 707 g/mol. The van der Waals surface area contributed by atoms with Crippen molar-refractivity contribution in [1.29, 1.82) is 0 Å². The maximum atomic E-state index is 14.4. The number of aliphatic hydroxyl groups excluding tert-OH is 2. The highest BCUT2D eigenvalue weighted by molar-refractivity contribution is 7.99. The summed E-state index contributed by atoms with van der Waals surface area (Å²) in [4.78, 5) is 55.6. The number of thioether (sulfide) groups is 1. The highest BCUT2D eigenvalue weighted by Crippen LogP contribution is 2.46. The third-order valence-electron chi connectivity index (χ3n) is 9.53. The van der Waals surface area contributed by atoms with Crippen molar-refractivity contribution in [2.24, 2.45) is 0 Å². The van der Waals surface area contributed by atoms with Crippen LogP contribution in [0.25, 0.3) is 11.1 Å². The zero-order valence-corrected chi connectivity index (χ0v) is 29.0. The molecule has 6 rings (SSSR count). The van der Waals surface area contributed by atoms with Gasteiger partial charge in [0.15, 0.2) is 12.1 Å². The molecule has 0 spiro atoms. The maximum absolute atomic E-state index is 14.4. The Balaban J connectivity index is 1.25. The molecular formula is C40H41N3O7S. The Labute approximate surface area is 301 Å². The first-order chi connectivity index (χ1) is 24.8. The van der Waals surface area contributed by atoms with Crippen LogP contribution in [0.15, 0.2) is 109 Å². The van der Waals surface area contributed by atoms with E-state index in [0.29, 0.717) is 19.4 Å². The fourth-order valence-electron chi connectivity index (χ4n) is 6.98. The highest BCUT2D eigenvalue weighted by Gasteiger charge is 2.43. The fourth-order valence-corrected chi connectivity index (χ4v) is 8.35. The lowest BCUT2D eigenvalue weighted by Gasteiger charge is -2.31. The van der Waals surface area contributed by atoms with Gasteiger partial charge in [-0.25, -0.2) is 4.79 Å². The van der Waals surface area contributed by atoms with Crippen molar-refractivity contribution in [3.8, 4) is 11.1 Å². The van der Waals surface area contributed by atoms with Crippen molar-refractivity contribution in [1.82, 2.24) is 15.5 Å². The van der Waals surface area contributed by atoms with Crippen molar-refractivity contribution in [2.45, 2.75) is 48.2 Å². The van der Waals surface area contributed by atoms with Gasteiger partial charge in [-0.05, 0) is 46.2 Å². The van der Waals surface area contributed by atoms with E-state index in [2.05, 4.69) is 15.4 Å². The number of rotatable bonds is 13. The van der Waals surface area contributed by atoms with E-state index >= 15 is 0 Å². The molecule has 4 atom stereocenters. The number of methoxy groups -OCH3 is 1. The molecule has 0 unspecified atom stereocenters. The van der Waals surface area contributed by atoms with E-state index in [1.807, 2.05) is 109 Å². The molecule has 11 heteroatoms. The van der Waals surface area contributed by atoms with E-state index in [-0.39, 0.29) is 16.9 Å². The Kier molecular flexibility index (Phi) is 11.5. The molecule has 0 bridgehead atoms. The summed E-state index contributed by atoms with van der Waals surface area (Å²) in [6.45, 7) is -0.352. The molecule has 2 aliphatic rings. The fraction of sp³-hybridized carbons (Fsp3) is 0.300. The highest BCUT2D eigenvalue weighted by atomic mass is 32.2. The van der Waals surface area contributed by atoms with Crippen LogP contribution in [-0.2, 0) is 23.9 Å². The van der Waals surface area contributed by atoms with E-state index in [1.165, 1.54) is 11.8 Å². The SMILES string of the molecule is COC(=O)[C@H](CO)NC(=O)[C@H](O)[C@H](CSC(c1ccccc1)c1ccccc1)NC(=O)[C@@H]1CCCN1C(=O)C1c2ccccc2-c2ccccc21. The molecule has 0 aromatic heterocycles. The molecular weight excluding hydrogens is 667 g/mol. The van der Waals surface area contributed by atoms with E-state index in [0.717, 1.165) is 40.5 Å². The Morgan fingerprint density at radius 3 is 1.92 bits per heavy atom. The van der Waals surface area contributed by atoms with Gasteiger partial charge in [0.05, 0.1) is 30.9 Å². The predicted octanol–water partition coefficient (Wildman–Crippen LogP) is 3.81. The number of fused-ring (bicyclic) bond motifs is 3. The summed E-state index contributed by atoms with van der Waals surface area (Å²) in [6, 6.07) is 31.8. The molecule has 0 saturated carbocycles. The summed E-state index contributed by atoms with van der Waals surface area (Å²) < 4.78 is 4.67. The van der Waals surface area contributed by atoms with Crippen LogP contribution in [0.4, 0.5) is 0 Å². The van der Waals surface area contributed by atoms with E-state index < -0.39 is 54.5 Å². The number of hydrogen-bond donors (Lipinski definition) is 4. The number of carbonyl (C=O) groups excluding carboxylic acids is 4. The van der Waals surface area contributed by atoms with Gasteiger partial charge < -0.3 is 30.5 Å². The van der Waals surface area contributed by atoms with Crippen molar-refractivity contribution < 1.29 is 34.1 Å². The summed E-state index contributed by atoms with van der Waals surface area (Å²) in [5.74, 6) is -2.95.